The summed E-state index contributed by atoms with van der Waals surface area (Å²) >= 11 is 0. The Hall–Kier alpha value is -3.54. The van der Waals surface area contributed by atoms with E-state index in [0.29, 0.717) is 49.5 Å². The minimum Gasteiger partial charge on any atom is -0.378 e. The van der Waals surface area contributed by atoms with E-state index in [-0.39, 0.29) is 18.6 Å². The predicted octanol–water partition coefficient (Wildman–Crippen LogP) is 3.03. The van der Waals surface area contributed by atoms with Crippen molar-refractivity contribution in [2.45, 2.75) is 45.0 Å². The summed E-state index contributed by atoms with van der Waals surface area (Å²) in [7, 11) is 1.54. The Labute approximate surface area is 202 Å². The van der Waals surface area contributed by atoms with Gasteiger partial charge in [0.1, 0.15) is 17.8 Å². The highest BCUT2D eigenvalue weighted by atomic mass is 19.1. The Kier molecular flexibility index (Phi) is 6.37. The number of hydrogen-bond acceptors (Lipinski definition) is 8. The van der Waals surface area contributed by atoms with E-state index in [9.17, 15) is 9.18 Å². The number of amides is 2. The van der Waals surface area contributed by atoms with Crippen molar-refractivity contribution in [1.82, 2.24) is 30.0 Å². The number of halogens is 1. The van der Waals surface area contributed by atoms with Crippen molar-refractivity contribution in [3.8, 4) is 0 Å². The zero-order valence-electron chi connectivity index (χ0n) is 20.1. The summed E-state index contributed by atoms with van der Waals surface area (Å²) in [6.45, 7) is 6.15. The molecule has 12 heteroatoms. The number of fused-ring (bicyclic) bond motifs is 1. The molecule has 5 heterocycles. The second-order valence-electron chi connectivity index (χ2n) is 8.89. The first-order valence-electron chi connectivity index (χ1n) is 11.9. The van der Waals surface area contributed by atoms with Gasteiger partial charge in [0.15, 0.2) is 5.82 Å². The second-order valence-corrected chi connectivity index (χ2v) is 8.89. The minimum absolute atomic E-state index is 0.140. The number of carbonyl (C=O) groups is 1. The van der Waals surface area contributed by atoms with E-state index in [0.717, 1.165) is 17.3 Å². The molecule has 3 aromatic heterocycles. The molecule has 5 rings (SSSR count). The quantitative estimate of drug-likeness (QED) is 0.527. The van der Waals surface area contributed by atoms with Crippen LogP contribution in [-0.4, -0.2) is 76.3 Å². The first-order chi connectivity index (χ1) is 17.0. The molecule has 186 valence electrons. The number of methoxy groups -OCH3 is 1. The van der Waals surface area contributed by atoms with Crippen LogP contribution in [0.5, 0.6) is 0 Å². The topological polar surface area (TPSA) is 113 Å². The third kappa shape index (κ3) is 4.45. The van der Waals surface area contributed by atoms with Gasteiger partial charge in [-0.3, -0.25) is 9.58 Å². The van der Waals surface area contributed by atoms with Gasteiger partial charge in [-0.1, -0.05) is 6.92 Å². The van der Waals surface area contributed by atoms with E-state index in [1.807, 2.05) is 15.6 Å². The van der Waals surface area contributed by atoms with Gasteiger partial charge in [0, 0.05) is 51.2 Å². The minimum atomic E-state index is -1.09. The summed E-state index contributed by atoms with van der Waals surface area (Å²) in [6.07, 6.45) is 3.36. The molecule has 2 amide bonds. The standard InChI is InChI=1S/C23H30FN9O2/c1-4-14(2)33-17-11-20(27-12-15(17)21(30-33)32-10-8-26-23(32)34)28-19-5-7-25-22(29-19)31-9-6-18(35-3)16(24)13-31/h5,7,11-12,14,16,18H,4,6,8-10,13H2,1-3H3,(H,26,34)(H,25,27,28,29)/t14?,16-,18+/m0/s1. The number of alkyl halides is 1. The molecule has 2 aliphatic heterocycles. The normalized spacial score (nSPS) is 21.4. The molecule has 1 unspecified atom stereocenters. The van der Waals surface area contributed by atoms with Crippen molar-refractivity contribution in [3.63, 3.8) is 0 Å². The summed E-state index contributed by atoms with van der Waals surface area (Å²) < 4.78 is 21.5. The molecule has 35 heavy (non-hydrogen) atoms. The fraction of sp³-hybridized carbons (Fsp3) is 0.522. The molecule has 11 nitrogen and oxygen atoms in total. The van der Waals surface area contributed by atoms with Gasteiger partial charge in [0.05, 0.1) is 23.6 Å². The van der Waals surface area contributed by atoms with Crippen LogP contribution in [0.25, 0.3) is 10.9 Å². The predicted molar refractivity (Wildman–Crippen MR) is 131 cm³/mol. The summed E-state index contributed by atoms with van der Waals surface area (Å²) in [5, 5.41) is 11.6. The monoisotopic (exact) mass is 483 g/mol. The van der Waals surface area contributed by atoms with E-state index in [1.165, 1.54) is 7.11 Å². The summed E-state index contributed by atoms with van der Waals surface area (Å²) in [5.41, 5.74) is 0.878. The van der Waals surface area contributed by atoms with Crippen LogP contribution < -0.4 is 20.4 Å². The van der Waals surface area contributed by atoms with E-state index in [1.54, 1.807) is 23.4 Å². The third-order valence-corrected chi connectivity index (χ3v) is 6.66. The lowest BCUT2D eigenvalue weighted by Gasteiger charge is -2.33. The Morgan fingerprint density at radius 1 is 1.31 bits per heavy atom. The van der Waals surface area contributed by atoms with Gasteiger partial charge in [0.2, 0.25) is 5.95 Å². The second kappa shape index (κ2) is 9.61. The average Bonchev–Trinajstić information content (AvgIpc) is 3.46. The highest BCUT2D eigenvalue weighted by Gasteiger charge is 2.31. The Morgan fingerprint density at radius 2 is 2.17 bits per heavy atom. The fourth-order valence-corrected chi connectivity index (χ4v) is 4.50. The van der Waals surface area contributed by atoms with Gasteiger partial charge in [-0.05, 0) is 25.8 Å². The number of nitrogens with zero attached hydrogens (tertiary/aromatic N) is 7. The maximum atomic E-state index is 14.4. The van der Waals surface area contributed by atoms with Crippen molar-refractivity contribution >= 4 is 40.3 Å². The summed E-state index contributed by atoms with van der Waals surface area (Å²) in [4.78, 5) is 29.2. The van der Waals surface area contributed by atoms with Crippen LogP contribution in [0.2, 0.25) is 0 Å². The lowest BCUT2D eigenvalue weighted by atomic mass is 10.1. The molecule has 2 saturated heterocycles. The van der Waals surface area contributed by atoms with Gasteiger partial charge in [0.25, 0.3) is 0 Å². The van der Waals surface area contributed by atoms with Crippen LogP contribution in [0.4, 0.5) is 32.6 Å². The number of rotatable bonds is 7. The highest BCUT2D eigenvalue weighted by Crippen LogP contribution is 2.31. The molecule has 0 radical (unpaired) electrons. The smallest absolute Gasteiger partial charge is 0.323 e. The molecule has 0 spiro atoms. The van der Waals surface area contributed by atoms with Crippen LogP contribution in [0.15, 0.2) is 24.5 Å². The molecule has 2 fully saturated rings. The SMILES string of the molecule is CCC(C)n1nc(N2CCNC2=O)c2cnc(Nc3ccnc(N4CC[C@@H](OC)[C@@H](F)C4)n3)cc21. The van der Waals surface area contributed by atoms with Gasteiger partial charge in [-0.25, -0.2) is 19.2 Å². The lowest BCUT2D eigenvalue weighted by Crippen LogP contribution is -2.46. The maximum Gasteiger partial charge on any atom is 0.323 e. The highest BCUT2D eigenvalue weighted by molar-refractivity contribution is 6.02. The summed E-state index contributed by atoms with van der Waals surface area (Å²) in [5.74, 6) is 2.21. The molecule has 0 aliphatic carbocycles. The van der Waals surface area contributed by atoms with Crippen molar-refractivity contribution in [3.05, 3.63) is 24.5 Å². The molecule has 2 aliphatic rings. The van der Waals surface area contributed by atoms with Gasteiger partial charge >= 0.3 is 6.03 Å². The molecule has 0 aromatic carbocycles. The van der Waals surface area contributed by atoms with Crippen molar-refractivity contribution < 1.29 is 13.9 Å². The number of carbonyl (C=O) groups excluding carboxylic acids is 1. The van der Waals surface area contributed by atoms with Gasteiger partial charge in [-0.15, -0.1) is 0 Å². The molecule has 0 saturated carbocycles. The van der Waals surface area contributed by atoms with E-state index in [2.05, 4.69) is 39.4 Å². The molecule has 3 atom stereocenters. The maximum absolute atomic E-state index is 14.4. The summed E-state index contributed by atoms with van der Waals surface area (Å²) in [6, 6.07) is 3.65. The number of pyridine rings is 1. The number of urea groups is 1. The number of hydrogen-bond donors (Lipinski definition) is 2. The molecular formula is C23H30FN9O2. The number of piperidine rings is 1. The number of ether oxygens (including phenoxy) is 1. The first kappa shape index (κ1) is 23.2. The van der Waals surface area contributed by atoms with Crippen LogP contribution in [0, 0.1) is 0 Å². The van der Waals surface area contributed by atoms with Crippen LogP contribution >= 0.6 is 0 Å². The van der Waals surface area contributed by atoms with Crippen LogP contribution in [0.1, 0.15) is 32.7 Å². The largest absolute Gasteiger partial charge is 0.378 e. The Morgan fingerprint density at radius 3 is 2.89 bits per heavy atom. The Balaban J connectivity index is 1.42. The van der Waals surface area contributed by atoms with Gasteiger partial charge in [-0.2, -0.15) is 10.1 Å². The lowest BCUT2D eigenvalue weighted by molar-refractivity contribution is 0.0194. The van der Waals surface area contributed by atoms with Crippen LogP contribution in [-0.2, 0) is 4.74 Å². The average molecular weight is 484 g/mol. The van der Waals surface area contributed by atoms with E-state index in [4.69, 9.17) is 9.84 Å². The number of anilines is 4. The number of nitrogens with one attached hydrogen (secondary N) is 2. The molecule has 0 bridgehead atoms. The molecule has 2 N–H and O–H groups in total. The zero-order chi connectivity index (χ0) is 24.5. The fourth-order valence-electron chi connectivity index (χ4n) is 4.50. The first-order valence-corrected chi connectivity index (χ1v) is 11.9. The van der Waals surface area contributed by atoms with Crippen molar-refractivity contribution in [1.29, 1.82) is 0 Å². The van der Waals surface area contributed by atoms with Crippen molar-refractivity contribution in [2.75, 3.05) is 48.4 Å². The molecule has 3 aromatic rings. The Bertz CT molecular complexity index is 1220. The van der Waals surface area contributed by atoms with E-state index >= 15 is 0 Å². The zero-order valence-corrected chi connectivity index (χ0v) is 20.1. The third-order valence-electron chi connectivity index (χ3n) is 6.66. The number of aromatic nitrogens is 5. The van der Waals surface area contributed by atoms with E-state index < -0.39 is 12.3 Å². The van der Waals surface area contributed by atoms with Crippen LogP contribution in [0.3, 0.4) is 0 Å². The van der Waals surface area contributed by atoms with Crippen molar-refractivity contribution in [2.24, 2.45) is 0 Å². The van der Waals surface area contributed by atoms with Gasteiger partial charge < -0.3 is 20.3 Å². The molecular weight excluding hydrogens is 453 g/mol.